The lowest BCUT2D eigenvalue weighted by Gasteiger charge is -2.10. The van der Waals surface area contributed by atoms with Crippen molar-refractivity contribution in [2.75, 3.05) is 19.5 Å². The SMILES string of the molecule is COc1ccc(CCC(=O)Oc2cccc(Nc3cc(C)ncn3)c2)cc1OC. The number of carbonyl (C=O) groups excluding carboxylic acids is 1. The van der Waals surface area contributed by atoms with Crippen molar-refractivity contribution in [3.05, 3.63) is 66.1 Å². The van der Waals surface area contributed by atoms with Gasteiger partial charge in [0.25, 0.3) is 0 Å². The molecule has 1 N–H and O–H groups in total. The Morgan fingerprint density at radius 3 is 2.59 bits per heavy atom. The quantitative estimate of drug-likeness (QED) is 0.456. The van der Waals surface area contributed by atoms with Gasteiger partial charge < -0.3 is 19.5 Å². The zero-order valence-electron chi connectivity index (χ0n) is 16.6. The fourth-order valence-electron chi connectivity index (χ4n) is 2.77. The lowest BCUT2D eigenvalue weighted by Crippen LogP contribution is -2.09. The summed E-state index contributed by atoms with van der Waals surface area (Å²) >= 11 is 0. The van der Waals surface area contributed by atoms with Crippen LogP contribution in [0.1, 0.15) is 17.7 Å². The van der Waals surface area contributed by atoms with E-state index in [0.717, 1.165) is 16.9 Å². The standard InChI is InChI=1S/C22H23N3O4/c1-15-11-21(24-14-23-15)25-17-5-4-6-18(13-17)29-22(26)10-8-16-7-9-19(27-2)20(12-16)28-3/h4-7,9,11-14H,8,10H2,1-3H3,(H,23,24,25). The molecule has 0 fully saturated rings. The first-order valence-corrected chi connectivity index (χ1v) is 9.14. The molecule has 0 aliphatic carbocycles. The molecule has 0 bridgehead atoms. The zero-order valence-corrected chi connectivity index (χ0v) is 16.6. The third-order valence-electron chi connectivity index (χ3n) is 4.21. The third-order valence-corrected chi connectivity index (χ3v) is 4.21. The largest absolute Gasteiger partial charge is 0.493 e. The summed E-state index contributed by atoms with van der Waals surface area (Å²) in [5.74, 6) is 2.13. The van der Waals surface area contributed by atoms with E-state index >= 15 is 0 Å². The predicted molar refractivity (Wildman–Crippen MR) is 110 cm³/mol. The van der Waals surface area contributed by atoms with Crippen molar-refractivity contribution >= 4 is 17.5 Å². The Kier molecular flexibility index (Phi) is 6.63. The van der Waals surface area contributed by atoms with Gasteiger partial charge in [-0.15, -0.1) is 0 Å². The third kappa shape index (κ3) is 5.68. The number of anilines is 2. The summed E-state index contributed by atoms with van der Waals surface area (Å²) in [6, 6.07) is 14.6. The summed E-state index contributed by atoms with van der Waals surface area (Å²) in [6.07, 6.45) is 2.28. The van der Waals surface area contributed by atoms with Crippen molar-refractivity contribution in [1.82, 2.24) is 9.97 Å². The molecule has 29 heavy (non-hydrogen) atoms. The summed E-state index contributed by atoms with van der Waals surface area (Å²) in [4.78, 5) is 20.5. The van der Waals surface area contributed by atoms with E-state index in [9.17, 15) is 4.79 Å². The molecule has 3 aromatic rings. The Bertz CT molecular complexity index is 991. The molecule has 0 amide bonds. The molecule has 0 atom stereocenters. The average Bonchev–Trinajstić information content (AvgIpc) is 2.72. The van der Waals surface area contributed by atoms with Gasteiger partial charge in [0, 0.05) is 29.9 Å². The Balaban J connectivity index is 1.58. The molecule has 0 aliphatic rings. The molecule has 0 radical (unpaired) electrons. The first-order valence-electron chi connectivity index (χ1n) is 9.14. The summed E-state index contributed by atoms with van der Waals surface area (Å²) in [6.45, 7) is 1.89. The number of aromatic nitrogens is 2. The van der Waals surface area contributed by atoms with Crippen LogP contribution in [0.2, 0.25) is 0 Å². The number of carbonyl (C=O) groups is 1. The Morgan fingerprint density at radius 1 is 1.00 bits per heavy atom. The average molecular weight is 393 g/mol. The van der Waals surface area contributed by atoms with Crippen LogP contribution in [0.4, 0.5) is 11.5 Å². The molecule has 1 aromatic heterocycles. The van der Waals surface area contributed by atoms with Gasteiger partial charge in [-0.25, -0.2) is 9.97 Å². The van der Waals surface area contributed by atoms with Crippen LogP contribution in [-0.4, -0.2) is 30.2 Å². The highest BCUT2D eigenvalue weighted by molar-refractivity contribution is 5.73. The molecule has 7 heteroatoms. The molecule has 0 saturated heterocycles. The van der Waals surface area contributed by atoms with Gasteiger partial charge in [-0.3, -0.25) is 4.79 Å². The van der Waals surface area contributed by atoms with Crippen molar-refractivity contribution in [3.63, 3.8) is 0 Å². The van der Waals surface area contributed by atoms with Gasteiger partial charge in [0.15, 0.2) is 11.5 Å². The van der Waals surface area contributed by atoms with Crippen LogP contribution in [-0.2, 0) is 11.2 Å². The smallest absolute Gasteiger partial charge is 0.311 e. The van der Waals surface area contributed by atoms with Gasteiger partial charge in [0.1, 0.15) is 17.9 Å². The van der Waals surface area contributed by atoms with Crippen molar-refractivity contribution in [2.24, 2.45) is 0 Å². The number of methoxy groups -OCH3 is 2. The van der Waals surface area contributed by atoms with Gasteiger partial charge >= 0.3 is 5.97 Å². The highest BCUT2D eigenvalue weighted by Crippen LogP contribution is 2.28. The van der Waals surface area contributed by atoms with E-state index in [4.69, 9.17) is 14.2 Å². The second kappa shape index (κ2) is 9.54. The molecule has 7 nitrogen and oxygen atoms in total. The van der Waals surface area contributed by atoms with Crippen LogP contribution in [0.5, 0.6) is 17.2 Å². The minimum absolute atomic E-state index is 0.248. The number of hydrogen-bond donors (Lipinski definition) is 1. The number of benzene rings is 2. The van der Waals surface area contributed by atoms with Gasteiger partial charge in [-0.1, -0.05) is 12.1 Å². The number of nitrogens with one attached hydrogen (secondary N) is 1. The summed E-state index contributed by atoms with van der Waals surface area (Å²) < 4.78 is 16.0. The lowest BCUT2D eigenvalue weighted by atomic mass is 10.1. The molecule has 0 aliphatic heterocycles. The minimum atomic E-state index is -0.310. The van der Waals surface area contributed by atoms with Crippen LogP contribution in [0, 0.1) is 6.92 Å². The monoisotopic (exact) mass is 393 g/mol. The van der Waals surface area contributed by atoms with E-state index in [1.165, 1.54) is 6.33 Å². The molecule has 2 aromatic carbocycles. The Hall–Kier alpha value is -3.61. The van der Waals surface area contributed by atoms with Crippen LogP contribution in [0.25, 0.3) is 0 Å². The topological polar surface area (TPSA) is 82.6 Å². The van der Waals surface area contributed by atoms with Crippen LogP contribution in [0.15, 0.2) is 54.9 Å². The fourth-order valence-corrected chi connectivity index (χ4v) is 2.77. The molecule has 1 heterocycles. The molecule has 3 rings (SSSR count). The first-order chi connectivity index (χ1) is 14.1. The van der Waals surface area contributed by atoms with Crippen molar-refractivity contribution in [2.45, 2.75) is 19.8 Å². The van der Waals surface area contributed by atoms with E-state index < -0.39 is 0 Å². The predicted octanol–water partition coefficient (Wildman–Crippen LogP) is 4.08. The number of hydrogen-bond acceptors (Lipinski definition) is 7. The van der Waals surface area contributed by atoms with Gasteiger partial charge in [-0.05, 0) is 43.2 Å². The Labute approximate surface area is 169 Å². The maximum absolute atomic E-state index is 12.3. The first kappa shape index (κ1) is 20.1. The summed E-state index contributed by atoms with van der Waals surface area (Å²) in [7, 11) is 3.17. The van der Waals surface area contributed by atoms with E-state index in [0.29, 0.717) is 29.5 Å². The van der Waals surface area contributed by atoms with Crippen molar-refractivity contribution in [3.8, 4) is 17.2 Å². The summed E-state index contributed by atoms with van der Waals surface area (Å²) in [5.41, 5.74) is 2.60. The van der Waals surface area contributed by atoms with Crippen molar-refractivity contribution in [1.29, 1.82) is 0 Å². The fraction of sp³-hybridized carbons (Fsp3) is 0.227. The normalized spacial score (nSPS) is 10.3. The number of aryl methyl sites for hydroxylation is 2. The highest BCUT2D eigenvalue weighted by atomic mass is 16.5. The second-order valence-electron chi connectivity index (χ2n) is 6.36. The van der Waals surface area contributed by atoms with Crippen LogP contribution < -0.4 is 19.5 Å². The summed E-state index contributed by atoms with van der Waals surface area (Å²) in [5, 5.41) is 3.17. The molecular formula is C22H23N3O4. The zero-order chi connectivity index (χ0) is 20.6. The van der Waals surface area contributed by atoms with E-state index in [1.54, 1.807) is 26.4 Å². The number of nitrogens with zero attached hydrogens (tertiary/aromatic N) is 2. The van der Waals surface area contributed by atoms with Crippen LogP contribution >= 0.6 is 0 Å². The number of esters is 1. The molecule has 0 spiro atoms. The molecular weight excluding hydrogens is 370 g/mol. The lowest BCUT2D eigenvalue weighted by molar-refractivity contribution is -0.134. The maximum Gasteiger partial charge on any atom is 0.311 e. The minimum Gasteiger partial charge on any atom is -0.493 e. The van der Waals surface area contributed by atoms with Crippen molar-refractivity contribution < 1.29 is 19.0 Å². The maximum atomic E-state index is 12.3. The second-order valence-corrected chi connectivity index (χ2v) is 6.36. The Morgan fingerprint density at radius 2 is 1.83 bits per heavy atom. The number of rotatable bonds is 8. The van der Waals surface area contributed by atoms with E-state index in [1.807, 2.05) is 43.3 Å². The molecule has 0 unspecified atom stereocenters. The number of ether oxygens (including phenoxy) is 3. The van der Waals surface area contributed by atoms with Crippen LogP contribution in [0.3, 0.4) is 0 Å². The van der Waals surface area contributed by atoms with Gasteiger partial charge in [0.05, 0.1) is 14.2 Å². The highest BCUT2D eigenvalue weighted by Gasteiger charge is 2.09. The molecule has 0 saturated carbocycles. The molecule has 150 valence electrons. The van der Waals surface area contributed by atoms with E-state index in [-0.39, 0.29) is 12.4 Å². The van der Waals surface area contributed by atoms with Gasteiger partial charge in [0.2, 0.25) is 0 Å². The van der Waals surface area contributed by atoms with E-state index in [2.05, 4.69) is 15.3 Å². The van der Waals surface area contributed by atoms with Gasteiger partial charge in [-0.2, -0.15) is 0 Å².